The van der Waals surface area contributed by atoms with Crippen LogP contribution in [-0.2, 0) is 6.42 Å². The van der Waals surface area contributed by atoms with Crippen molar-refractivity contribution < 1.29 is 19.0 Å². The minimum atomic E-state index is -0.0862. The lowest BCUT2D eigenvalue weighted by Gasteiger charge is -2.19. The highest BCUT2D eigenvalue weighted by atomic mass is 16.5. The van der Waals surface area contributed by atoms with E-state index in [4.69, 9.17) is 14.2 Å². The lowest BCUT2D eigenvalue weighted by molar-refractivity contribution is 0.104. The number of rotatable bonds is 11. The standard InChI is InChI=1S/C27H34O4/c1-8-9-22-16-23(27(31-20(6)7)17-26(22)30-19(4)5)12-15-25(28)21-10-13-24(14-11-21)29-18(2)3/h10-17,19-20H,2,8-9H2,1,3-7H3. The molecule has 0 unspecified atom stereocenters. The molecule has 0 amide bonds. The van der Waals surface area contributed by atoms with Crippen LogP contribution in [0.25, 0.3) is 6.08 Å². The SMILES string of the molecule is C=C(C)Oc1ccc(C(=O)C=Cc2cc(CCC)c(OC(C)C)cc2OC(C)C)cc1. The van der Waals surface area contributed by atoms with Crippen molar-refractivity contribution >= 4 is 11.9 Å². The normalized spacial score (nSPS) is 11.2. The first-order chi connectivity index (χ1) is 14.7. The number of benzene rings is 2. The zero-order chi connectivity index (χ0) is 23.0. The van der Waals surface area contributed by atoms with Gasteiger partial charge in [0.25, 0.3) is 0 Å². The van der Waals surface area contributed by atoms with Gasteiger partial charge in [-0.15, -0.1) is 0 Å². The molecule has 0 N–H and O–H groups in total. The van der Waals surface area contributed by atoms with Crippen LogP contribution in [0, 0.1) is 0 Å². The lowest BCUT2D eigenvalue weighted by atomic mass is 10.0. The molecular formula is C27H34O4. The highest BCUT2D eigenvalue weighted by Gasteiger charge is 2.13. The monoisotopic (exact) mass is 422 g/mol. The topological polar surface area (TPSA) is 44.8 Å². The molecule has 0 radical (unpaired) electrons. The summed E-state index contributed by atoms with van der Waals surface area (Å²) in [6.07, 6.45) is 5.37. The molecule has 0 saturated carbocycles. The number of hydrogen-bond donors (Lipinski definition) is 0. The second kappa shape index (κ2) is 11.4. The highest BCUT2D eigenvalue weighted by molar-refractivity contribution is 6.07. The third-order valence-corrected chi connectivity index (χ3v) is 4.28. The van der Waals surface area contributed by atoms with E-state index < -0.39 is 0 Å². The fourth-order valence-corrected chi connectivity index (χ4v) is 3.09. The minimum absolute atomic E-state index is 0.00707. The summed E-state index contributed by atoms with van der Waals surface area (Å²) in [6, 6.07) is 11.0. The Morgan fingerprint density at radius 2 is 1.61 bits per heavy atom. The Labute approximate surface area is 186 Å². The summed E-state index contributed by atoms with van der Waals surface area (Å²) in [7, 11) is 0. The van der Waals surface area contributed by atoms with Crippen LogP contribution >= 0.6 is 0 Å². The van der Waals surface area contributed by atoms with Crippen LogP contribution in [0.15, 0.2) is 54.8 Å². The molecule has 166 valence electrons. The Morgan fingerprint density at radius 1 is 1.00 bits per heavy atom. The average molecular weight is 423 g/mol. The maximum absolute atomic E-state index is 12.7. The molecule has 4 nitrogen and oxygen atoms in total. The maximum atomic E-state index is 12.7. The van der Waals surface area contributed by atoms with Gasteiger partial charge in [0.15, 0.2) is 5.78 Å². The van der Waals surface area contributed by atoms with Gasteiger partial charge in [0.05, 0.1) is 18.0 Å². The average Bonchev–Trinajstić information content (AvgIpc) is 2.68. The number of aryl methyl sites for hydroxylation is 1. The van der Waals surface area contributed by atoms with Crippen molar-refractivity contribution in [3.63, 3.8) is 0 Å². The number of hydrogen-bond acceptors (Lipinski definition) is 4. The van der Waals surface area contributed by atoms with Crippen molar-refractivity contribution in [2.24, 2.45) is 0 Å². The van der Waals surface area contributed by atoms with Gasteiger partial charge in [-0.05, 0) is 89.1 Å². The molecule has 4 heteroatoms. The molecule has 0 aromatic heterocycles. The van der Waals surface area contributed by atoms with E-state index in [1.165, 1.54) is 0 Å². The quantitative estimate of drug-likeness (QED) is 0.222. The van der Waals surface area contributed by atoms with Gasteiger partial charge in [-0.3, -0.25) is 4.79 Å². The van der Waals surface area contributed by atoms with Crippen LogP contribution in [0.4, 0.5) is 0 Å². The van der Waals surface area contributed by atoms with Gasteiger partial charge in [-0.2, -0.15) is 0 Å². The third kappa shape index (κ3) is 7.63. The fraction of sp³-hybridized carbons (Fsp3) is 0.370. The molecule has 2 rings (SSSR count). The largest absolute Gasteiger partial charge is 0.491 e. The summed E-state index contributed by atoms with van der Waals surface area (Å²) in [5.41, 5.74) is 2.56. The van der Waals surface area contributed by atoms with Gasteiger partial charge in [0.1, 0.15) is 17.2 Å². The molecule has 0 fully saturated rings. The molecule has 0 heterocycles. The summed E-state index contributed by atoms with van der Waals surface area (Å²) >= 11 is 0. The molecule has 0 spiro atoms. The Bertz CT molecular complexity index is 921. The number of carbonyl (C=O) groups is 1. The predicted molar refractivity (Wildman–Crippen MR) is 127 cm³/mol. The number of carbonyl (C=O) groups excluding carboxylic acids is 1. The first kappa shape index (κ1) is 24.3. The van der Waals surface area contributed by atoms with Crippen LogP contribution in [0.5, 0.6) is 17.2 Å². The van der Waals surface area contributed by atoms with Crippen molar-refractivity contribution in [1.82, 2.24) is 0 Å². The number of ketones is 1. The molecule has 0 aliphatic carbocycles. The smallest absolute Gasteiger partial charge is 0.185 e. The first-order valence-corrected chi connectivity index (χ1v) is 10.9. The summed E-state index contributed by atoms with van der Waals surface area (Å²) in [6.45, 7) is 15.6. The van der Waals surface area contributed by atoms with Gasteiger partial charge in [-0.25, -0.2) is 0 Å². The maximum Gasteiger partial charge on any atom is 0.185 e. The Morgan fingerprint density at radius 3 is 2.16 bits per heavy atom. The minimum Gasteiger partial charge on any atom is -0.491 e. The van der Waals surface area contributed by atoms with Crippen molar-refractivity contribution in [3.05, 3.63) is 71.5 Å². The van der Waals surface area contributed by atoms with Crippen molar-refractivity contribution in [2.75, 3.05) is 0 Å². The Kier molecular flexibility index (Phi) is 8.92. The van der Waals surface area contributed by atoms with E-state index in [1.54, 1.807) is 37.3 Å². The van der Waals surface area contributed by atoms with E-state index in [2.05, 4.69) is 19.6 Å². The predicted octanol–water partition coefficient (Wildman–Crippen LogP) is 7.02. The van der Waals surface area contributed by atoms with E-state index >= 15 is 0 Å². The zero-order valence-corrected chi connectivity index (χ0v) is 19.5. The zero-order valence-electron chi connectivity index (χ0n) is 19.5. The highest BCUT2D eigenvalue weighted by Crippen LogP contribution is 2.33. The van der Waals surface area contributed by atoms with Crippen LogP contribution in [0.1, 0.15) is 69.4 Å². The summed E-state index contributed by atoms with van der Waals surface area (Å²) < 4.78 is 17.5. The van der Waals surface area contributed by atoms with E-state index in [0.717, 1.165) is 29.7 Å². The van der Waals surface area contributed by atoms with Crippen molar-refractivity contribution in [2.45, 2.75) is 66.6 Å². The third-order valence-electron chi connectivity index (χ3n) is 4.28. The number of allylic oxidation sites excluding steroid dienone is 2. The van der Waals surface area contributed by atoms with Gasteiger partial charge in [-0.1, -0.05) is 19.9 Å². The molecule has 2 aromatic rings. The van der Waals surface area contributed by atoms with Gasteiger partial charge >= 0.3 is 0 Å². The first-order valence-electron chi connectivity index (χ1n) is 10.9. The van der Waals surface area contributed by atoms with Gasteiger partial charge in [0.2, 0.25) is 0 Å². The molecule has 0 atom stereocenters. The second-order valence-corrected chi connectivity index (χ2v) is 8.11. The fourth-order valence-electron chi connectivity index (χ4n) is 3.09. The van der Waals surface area contributed by atoms with E-state index in [-0.39, 0.29) is 18.0 Å². The van der Waals surface area contributed by atoms with E-state index in [1.807, 2.05) is 39.8 Å². The van der Waals surface area contributed by atoms with E-state index in [0.29, 0.717) is 22.8 Å². The van der Waals surface area contributed by atoms with E-state index in [9.17, 15) is 4.79 Å². The number of ether oxygens (including phenoxy) is 3. The van der Waals surface area contributed by atoms with Crippen LogP contribution in [0.2, 0.25) is 0 Å². The van der Waals surface area contributed by atoms with Crippen LogP contribution in [-0.4, -0.2) is 18.0 Å². The lowest BCUT2D eigenvalue weighted by Crippen LogP contribution is -2.10. The molecule has 2 aromatic carbocycles. The molecule has 0 aliphatic heterocycles. The Balaban J connectivity index is 2.33. The molecular weight excluding hydrogens is 388 g/mol. The van der Waals surface area contributed by atoms with Gasteiger partial charge < -0.3 is 14.2 Å². The molecule has 0 aliphatic rings. The summed E-state index contributed by atoms with van der Waals surface area (Å²) in [5, 5.41) is 0. The summed E-state index contributed by atoms with van der Waals surface area (Å²) in [4.78, 5) is 12.7. The Hall–Kier alpha value is -3.01. The molecule has 0 saturated heterocycles. The molecule has 31 heavy (non-hydrogen) atoms. The van der Waals surface area contributed by atoms with Crippen molar-refractivity contribution in [3.8, 4) is 17.2 Å². The van der Waals surface area contributed by atoms with Crippen LogP contribution < -0.4 is 14.2 Å². The summed E-state index contributed by atoms with van der Waals surface area (Å²) in [5.74, 6) is 2.72. The molecule has 0 bridgehead atoms. The van der Waals surface area contributed by atoms with Gasteiger partial charge in [0, 0.05) is 17.2 Å². The van der Waals surface area contributed by atoms with Crippen LogP contribution in [0.3, 0.4) is 0 Å². The van der Waals surface area contributed by atoms with Crippen molar-refractivity contribution in [1.29, 1.82) is 0 Å². The second-order valence-electron chi connectivity index (χ2n) is 8.11.